The molecule has 2 heterocycles. The van der Waals surface area contributed by atoms with Gasteiger partial charge in [-0.25, -0.2) is 4.79 Å². The molecule has 1 aromatic carbocycles. The van der Waals surface area contributed by atoms with E-state index < -0.39 is 5.60 Å². The summed E-state index contributed by atoms with van der Waals surface area (Å²) in [6.07, 6.45) is 4.01. The lowest BCUT2D eigenvalue weighted by Gasteiger charge is -2.40. The Hall–Kier alpha value is -1.23. The summed E-state index contributed by atoms with van der Waals surface area (Å²) in [6, 6.07) is 9.30. The van der Waals surface area contributed by atoms with Gasteiger partial charge in [0, 0.05) is 28.3 Å². The van der Waals surface area contributed by atoms with Crippen molar-refractivity contribution in [3.63, 3.8) is 0 Å². The molecule has 0 radical (unpaired) electrons. The maximum atomic E-state index is 12.5. The number of benzene rings is 1. The summed E-state index contributed by atoms with van der Waals surface area (Å²) in [7, 11) is 0. The van der Waals surface area contributed by atoms with E-state index in [1.54, 1.807) is 0 Å². The largest absolute Gasteiger partial charge is 0.444 e. The summed E-state index contributed by atoms with van der Waals surface area (Å²) in [6.45, 7) is 5.78. The number of rotatable bonds is 2. The molecular weight excluding hydrogens is 356 g/mol. The number of carbonyl (C=O) groups excluding carboxylic acids is 1. The molecule has 5 heteroatoms. The second-order valence-corrected chi connectivity index (χ2v) is 8.51. The minimum Gasteiger partial charge on any atom is -0.444 e. The van der Waals surface area contributed by atoms with Crippen molar-refractivity contribution in [3.05, 3.63) is 28.7 Å². The number of nitrogens with one attached hydrogen (secondary N) is 1. The maximum absolute atomic E-state index is 12.5. The van der Waals surface area contributed by atoms with Crippen LogP contribution in [0.5, 0.6) is 0 Å². The highest BCUT2D eigenvalue weighted by atomic mass is 79.9. The van der Waals surface area contributed by atoms with Gasteiger partial charge in [0.25, 0.3) is 0 Å². The number of ether oxygens (including phenoxy) is 1. The lowest BCUT2D eigenvalue weighted by molar-refractivity contribution is 0.00684. The highest BCUT2D eigenvalue weighted by Gasteiger charge is 2.44. The van der Waals surface area contributed by atoms with Gasteiger partial charge in [-0.15, -0.1) is 0 Å². The number of halogens is 1. The van der Waals surface area contributed by atoms with Gasteiger partial charge in [0.05, 0.1) is 0 Å². The first-order valence-electron chi connectivity index (χ1n) is 8.35. The summed E-state index contributed by atoms with van der Waals surface area (Å²) in [5, 5.41) is 3.62. The molecule has 0 saturated carbocycles. The van der Waals surface area contributed by atoms with E-state index in [-0.39, 0.29) is 6.09 Å². The topological polar surface area (TPSA) is 41.6 Å². The van der Waals surface area contributed by atoms with Gasteiger partial charge in [0.2, 0.25) is 0 Å². The second-order valence-electron chi connectivity index (χ2n) is 7.59. The molecule has 0 aliphatic carbocycles. The molecule has 2 bridgehead atoms. The smallest absolute Gasteiger partial charge is 0.410 e. The molecule has 0 aromatic heterocycles. The first-order chi connectivity index (χ1) is 10.8. The number of hydrogen-bond acceptors (Lipinski definition) is 3. The molecule has 126 valence electrons. The van der Waals surface area contributed by atoms with E-state index in [2.05, 4.69) is 33.4 Å². The molecule has 2 saturated heterocycles. The van der Waals surface area contributed by atoms with E-state index in [1.165, 1.54) is 0 Å². The van der Waals surface area contributed by atoms with Gasteiger partial charge in [-0.1, -0.05) is 15.9 Å². The van der Waals surface area contributed by atoms with Crippen molar-refractivity contribution in [1.82, 2.24) is 4.90 Å². The Bertz CT molecular complexity index is 553. The molecule has 1 aromatic rings. The number of piperidine rings is 1. The zero-order valence-electron chi connectivity index (χ0n) is 14.0. The summed E-state index contributed by atoms with van der Waals surface area (Å²) < 4.78 is 6.67. The van der Waals surface area contributed by atoms with Crippen molar-refractivity contribution in [3.8, 4) is 0 Å². The van der Waals surface area contributed by atoms with Crippen LogP contribution in [0.3, 0.4) is 0 Å². The Morgan fingerprint density at radius 2 is 1.74 bits per heavy atom. The Balaban J connectivity index is 1.62. The van der Waals surface area contributed by atoms with Crippen molar-refractivity contribution < 1.29 is 9.53 Å². The fraction of sp³-hybridized carbons (Fsp3) is 0.611. The van der Waals surface area contributed by atoms with Crippen LogP contribution in [0.15, 0.2) is 28.7 Å². The molecule has 23 heavy (non-hydrogen) atoms. The number of hydrogen-bond donors (Lipinski definition) is 1. The Labute approximate surface area is 146 Å². The number of amides is 1. The van der Waals surface area contributed by atoms with Crippen molar-refractivity contribution in [2.45, 2.75) is 70.2 Å². The summed E-state index contributed by atoms with van der Waals surface area (Å²) in [5.74, 6) is 0. The third-order valence-electron chi connectivity index (χ3n) is 4.55. The first-order valence-corrected chi connectivity index (χ1v) is 9.14. The van der Waals surface area contributed by atoms with Gasteiger partial charge in [-0.05, 0) is 70.7 Å². The summed E-state index contributed by atoms with van der Waals surface area (Å²) in [4.78, 5) is 14.4. The molecule has 2 aliphatic rings. The standard InChI is InChI=1S/C18H25BrN2O2/c1-18(2,3)23-17(22)21-15-8-9-16(21)11-14(10-15)20-13-6-4-12(19)5-7-13/h4-7,14-16,20H,8-11H2,1-3H3. The number of anilines is 1. The third-order valence-corrected chi connectivity index (χ3v) is 5.08. The predicted octanol–water partition coefficient (Wildman–Crippen LogP) is 4.79. The van der Waals surface area contributed by atoms with Crippen LogP contribution in [0.25, 0.3) is 0 Å². The molecule has 2 atom stereocenters. The Kier molecular flexibility index (Phi) is 4.59. The minimum atomic E-state index is -0.428. The minimum absolute atomic E-state index is 0.146. The van der Waals surface area contributed by atoms with Crippen molar-refractivity contribution in [2.75, 3.05) is 5.32 Å². The van der Waals surface area contributed by atoms with E-state index in [0.717, 1.165) is 35.8 Å². The normalized spacial score (nSPS) is 27.0. The summed E-state index contributed by atoms with van der Waals surface area (Å²) >= 11 is 3.46. The van der Waals surface area contributed by atoms with E-state index in [4.69, 9.17) is 4.74 Å². The zero-order chi connectivity index (χ0) is 16.6. The molecule has 2 unspecified atom stereocenters. The van der Waals surface area contributed by atoms with Crippen LogP contribution in [0.2, 0.25) is 0 Å². The van der Waals surface area contributed by atoms with E-state index >= 15 is 0 Å². The van der Waals surface area contributed by atoms with E-state index in [0.29, 0.717) is 18.1 Å². The molecular formula is C18H25BrN2O2. The predicted molar refractivity (Wildman–Crippen MR) is 95.7 cm³/mol. The van der Waals surface area contributed by atoms with Crippen LogP contribution in [-0.2, 0) is 4.74 Å². The van der Waals surface area contributed by atoms with Gasteiger partial charge in [-0.2, -0.15) is 0 Å². The fourth-order valence-electron chi connectivity index (χ4n) is 3.69. The average molecular weight is 381 g/mol. The van der Waals surface area contributed by atoms with Crippen LogP contribution in [0.4, 0.5) is 10.5 Å². The monoisotopic (exact) mass is 380 g/mol. The molecule has 3 rings (SSSR count). The van der Waals surface area contributed by atoms with Crippen molar-refractivity contribution in [1.29, 1.82) is 0 Å². The second kappa shape index (κ2) is 6.34. The maximum Gasteiger partial charge on any atom is 0.410 e. The van der Waals surface area contributed by atoms with Crippen LogP contribution in [0, 0.1) is 0 Å². The SMILES string of the molecule is CC(C)(C)OC(=O)N1C2CCC1CC(Nc1ccc(Br)cc1)C2. The molecule has 1 N–H and O–H groups in total. The lowest BCUT2D eigenvalue weighted by Crippen LogP contribution is -2.51. The van der Waals surface area contributed by atoms with Crippen molar-refractivity contribution >= 4 is 27.7 Å². The van der Waals surface area contributed by atoms with Gasteiger partial charge >= 0.3 is 6.09 Å². The van der Waals surface area contributed by atoms with Gasteiger partial charge in [-0.3, -0.25) is 0 Å². The average Bonchev–Trinajstić information content (AvgIpc) is 2.72. The third kappa shape index (κ3) is 4.00. The zero-order valence-corrected chi connectivity index (χ0v) is 15.6. The molecule has 2 aliphatic heterocycles. The van der Waals surface area contributed by atoms with Gasteiger partial charge < -0.3 is 15.0 Å². The number of carbonyl (C=O) groups is 1. The number of nitrogens with zero attached hydrogens (tertiary/aromatic N) is 1. The van der Waals surface area contributed by atoms with Gasteiger partial charge in [0.15, 0.2) is 0 Å². The molecule has 1 amide bonds. The van der Waals surface area contributed by atoms with E-state index in [9.17, 15) is 4.79 Å². The highest BCUT2D eigenvalue weighted by Crippen LogP contribution is 2.37. The van der Waals surface area contributed by atoms with Crippen LogP contribution < -0.4 is 5.32 Å². The Morgan fingerprint density at radius 1 is 1.17 bits per heavy atom. The fourth-order valence-corrected chi connectivity index (χ4v) is 3.95. The van der Waals surface area contributed by atoms with E-state index in [1.807, 2.05) is 37.8 Å². The highest BCUT2D eigenvalue weighted by molar-refractivity contribution is 9.10. The quantitative estimate of drug-likeness (QED) is 0.801. The first kappa shape index (κ1) is 16.6. The summed E-state index contributed by atoms with van der Waals surface area (Å²) in [5.41, 5.74) is 0.714. The van der Waals surface area contributed by atoms with Crippen LogP contribution in [-0.4, -0.2) is 34.7 Å². The molecule has 0 spiro atoms. The molecule has 2 fully saturated rings. The molecule has 4 nitrogen and oxygen atoms in total. The van der Waals surface area contributed by atoms with Gasteiger partial charge in [0.1, 0.15) is 5.60 Å². The van der Waals surface area contributed by atoms with Crippen molar-refractivity contribution in [2.24, 2.45) is 0 Å². The van der Waals surface area contributed by atoms with Crippen LogP contribution in [0.1, 0.15) is 46.5 Å². The van der Waals surface area contributed by atoms with Crippen LogP contribution >= 0.6 is 15.9 Å². The lowest BCUT2D eigenvalue weighted by atomic mass is 9.97. The number of fused-ring (bicyclic) bond motifs is 2. The Morgan fingerprint density at radius 3 is 2.26 bits per heavy atom.